The predicted molar refractivity (Wildman–Crippen MR) is 63.6 cm³/mol. The predicted octanol–water partition coefficient (Wildman–Crippen LogP) is 3.69. The molecule has 14 heavy (non-hydrogen) atoms. The first-order valence-corrected chi connectivity index (χ1v) is 6.49. The van der Waals surface area contributed by atoms with Gasteiger partial charge in [-0.05, 0) is 45.2 Å². The van der Waals surface area contributed by atoms with Crippen LogP contribution in [0.15, 0.2) is 0 Å². The molecule has 0 bridgehead atoms. The van der Waals surface area contributed by atoms with Gasteiger partial charge < -0.3 is 4.90 Å². The van der Waals surface area contributed by atoms with Crippen LogP contribution in [0.3, 0.4) is 0 Å². The highest BCUT2D eigenvalue weighted by Gasteiger charge is 2.21. The molecule has 0 spiro atoms. The number of hydrogen-bond acceptors (Lipinski definition) is 1. The van der Waals surface area contributed by atoms with Crippen LogP contribution in [0.5, 0.6) is 0 Å². The Labute approximate surface area is 89.9 Å². The zero-order valence-electron chi connectivity index (χ0n) is 10.3. The first kappa shape index (κ1) is 12.0. The van der Waals surface area contributed by atoms with Gasteiger partial charge >= 0.3 is 0 Å². The lowest BCUT2D eigenvalue weighted by Gasteiger charge is -2.30. The second-order valence-electron chi connectivity index (χ2n) is 4.96. The number of unbranched alkanes of at least 4 members (excludes halogenated alkanes) is 2. The Morgan fingerprint density at radius 2 is 1.93 bits per heavy atom. The molecule has 0 aromatic rings. The monoisotopic (exact) mass is 197 g/mol. The summed E-state index contributed by atoms with van der Waals surface area (Å²) < 4.78 is 0. The van der Waals surface area contributed by atoms with E-state index in [0.717, 1.165) is 12.0 Å². The van der Waals surface area contributed by atoms with Crippen molar-refractivity contribution >= 4 is 0 Å². The van der Waals surface area contributed by atoms with Gasteiger partial charge in [0.2, 0.25) is 0 Å². The SMILES string of the molecule is CCCCCN1CCCCC(C)C1C. The van der Waals surface area contributed by atoms with Crippen LogP contribution < -0.4 is 0 Å². The quantitative estimate of drug-likeness (QED) is 0.621. The van der Waals surface area contributed by atoms with Crippen LogP contribution in [0.1, 0.15) is 59.3 Å². The Morgan fingerprint density at radius 1 is 1.14 bits per heavy atom. The van der Waals surface area contributed by atoms with Crippen LogP contribution in [-0.4, -0.2) is 24.0 Å². The maximum atomic E-state index is 2.72. The molecule has 1 rings (SSSR count). The van der Waals surface area contributed by atoms with Gasteiger partial charge in [0.25, 0.3) is 0 Å². The van der Waals surface area contributed by atoms with E-state index in [2.05, 4.69) is 25.7 Å². The zero-order valence-corrected chi connectivity index (χ0v) is 10.3. The van der Waals surface area contributed by atoms with Crippen molar-refractivity contribution in [2.75, 3.05) is 13.1 Å². The number of hydrogen-bond donors (Lipinski definition) is 0. The first-order valence-electron chi connectivity index (χ1n) is 6.49. The molecule has 1 heterocycles. The van der Waals surface area contributed by atoms with Gasteiger partial charge in [0.05, 0.1) is 0 Å². The summed E-state index contributed by atoms with van der Waals surface area (Å²) in [7, 11) is 0. The van der Waals surface area contributed by atoms with Crippen molar-refractivity contribution in [2.45, 2.75) is 65.3 Å². The lowest BCUT2D eigenvalue weighted by atomic mass is 9.98. The molecule has 84 valence electrons. The Morgan fingerprint density at radius 3 is 2.64 bits per heavy atom. The highest BCUT2D eigenvalue weighted by Crippen LogP contribution is 2.22. The van der Waals surface area contributed by atoms with Gasteiger partial charge in [-0.1, -0.05) is 33.1 Å². The fourth-order valence-corrected chi connectivity index (χ4v) is 2.47. The minimum atomic E-state index is 0.814. The lowest BCUT2D eigenvalue weighted by molar-refractivity contribution is 0.174. The molecule has 1 saturated heterocycles. The number of likely N-dealkylation sites (tertiary alicyclic amines) is 1. The van der Waals surface area contributed by atoms with Crippen LogP contribution in [0.4, 0.5) is 0 Å². The fourth-order valence-electron chi connectivity index (χ4n) is 2.47. The molecule has 2 unspecified atom stereocenters. The van der Waals surface area contributed by atoms with Crippen molar-refractivity contribution in [2.24, 2.45) is 5.92 Å². The Kier molecular flexibility index (Phi) is 5.54. The highest BCUT2D eigenvalue weighted by atomic mass is 15.2. The second kappa shape index (κ2) is 6.44. The van der Waals surface area contributed by atoms with E-state index < -0.39 is 0 Å². The molecule has 2 atom stereocenters. The summed E-state index contributed by atoms with van der Waals surface area (Å²) in [5.41, 5.74) is 0. The van der Waals surface area contributed by atoms with E-state index in [0.29, 0.717) is 0 Å². The second-order valence-corrected chi connectivity index (χ2v) is 4.96. The highest BCUT2D eigenvalue weighted by molar-refractivity contribution is 4.76. The third-order valence-corrected chi connectivity index (χ3v) is 3.80. The summed E-state index contributed by atoms with van der Waals surface area (Å²) in [5, 5.41) is 0. The van der Waals surface area contributed by atoms with E-state index in [1.54, 1.807) is 0 Å². The van der Waals surface area contributed by atoms with Crippen molar-refractivity contribution < 1.29 is 0 Å². The van der Waals surface area contributed by atoms with Gasteiger partial charge in [-0.2, -0.15) is 0 Å². The fraction of sp³-hybridized carbons (Fsp3) is 1.00. The smallest absolute Gasteiger partial charge is 0.00925 e. The standard InChI is InChI=1S/C13H27N/c1-4-5-7-10-14-11-8-6-9-12(2)13(14)3/h12-13H,4-11H2,1-3H3. The topological polar surface area (TPSA) is 3.24 Å². The van der Waals surface area contributed by atoms with Crippen molar-refractivity contribution in [3.05, 3.63) is 0 Å². The molecule has 0 amide bonds. The lowest BCUT2D eigenvalue weighted by Crippen LogP contribution is -2.37. The normalized spacial score (nSPS) is 30.2. The first-order chi connectivity index (χ1) is 6.75. The Bertz CT molecular complexity index is 144. The van der Waals surface area contributed by atoms with E-state index in [1.807, 2.05) is 0 Å². The van der Waals surface area contributed by atoms with Crippen LogP contribution >= 0.6 is 0 Å². The minimum absolute atomic E-state index is 0.814. The molecule has 1 aliphatic heterocycles. The van der Waals surface area contributed by atoms with E-state index in [-0.39, 0.29) is 0 Å². The van der Waals surface area contributed by atoms with Gasteiger partial charge in [0.15, 0.2) is 0 Å². The Hall–Kier alpha value is -0.0400. The minimum Gasteiger partial charge on any atom is -0.300 e. The third kappa shape index (κ3) is 3.61. The average Bonchev–Trinajstić information content (AvgIpc) is 2.33. The van der Waals surface area contributed by atoms with Crippen LogP contribution in [0, 0.1) is 5.92 Å². The molecule has 0 aromatic heterocycles. The van der Waals surface area contributed by atoms with Gasteiger partial charge in [-0.3, -0.25) is 0 Å². The summed E-state index contributed by atoms with van der Waals surface area (Å²) in [6, 6.07) is 0.814. The Balaban J connectivity index is 2.32. The van der Waals surface area contributed by atoms with Crippen LogP contribution in [-0.2, 0) is 0 Å². The summed E-state index contributed by atoms with van der Waals surface area (Å²) in [6.45, 7) is 9.80. The number of rotatable bonds is 4. The average molecular weight is 197 g/mol. The van der Waals surface area contributed by atoms with Crippen LogP contribution in [0.25, 0.3) is 0 Å². The van der Waals surface area contributed by atoms with E-state index in [4.69, 9.17) is 0 Å². The van der Waals surface area contributed by atoms with Crippen LogP contribution in [0.2, 0.25) is 0 Å². The summed E-state index contributed by atoms with van der Waals surface area (Å²) in [6.07, 6.45) is 8.44. The molecule has 0 aromatic carbocycles. The van der Waals surface area contributed by atoms with Gasteiger partial charge in [0, 0.05) is 6.04 Å². The molecular formula is C13H27N. The summed E-state index contributed by atoms with van der Waals surface area (Å²) in [5.74, 6) is 0.902. The van der Waals surface area contributed by atoms with E-state index in [1.165, 1.54) is 51.6 Å². The number of nitrogens with zero attached hydrogens (tertiary/aromatic N) is 1. The van der Waals surface area contributed by atoms with Crippen molar-refractivity contribution in [1.82, 2.24) is 4.90 Å². The van der Waals surface area contributed by atoms with Gasteiger partial charge in [0.1, 0.15) is 0 Å². The van der Waals surface area contributed by atoms with Crippen molar-refractivity contribution in [1.29, 1.82) is 0 Å². The van der Waals surface area contributed by atoms with Gasteiger partial charge in [-0.25, -0.2) is 0 Å². The molecule has 0 saturated carbocycles. The summed E-state index contributed by atoms with van der Waals surface area (Å²) in [4.78, 5) is 2.72. The molecule has 1 nitrogen and oxygen atoms in total. The van der Waals surface area contributed by atoms with Crippen molar-refractivity contribution in [3.8, 4) is 0 Å². The van der Waals surface area contributed by atoms with E-state index in [9.17, 15) is 0 Å². The third-order valence-electron chi connectivity index (χ3n) is 3.80. The molecule has 1 aliphatic rings. The summed E-state index contributed by atoms with van der Waals surface area (Å²) >= 11 is 0. The molecule has 1 heteroatoms. The molecule has 1 fully saturated rings. The molecule has 0 aliphatic carbocycles. The maximum absolute atomic E-state index is 2.72. The largest absolute Gasteiger partial charge is 0.300 e. The van der Waals surface area contributed by atoms with E-state index >= 15 is 0 Å². The molecule has 0 N–H and O–H groups in total. The zero-order chi connectivity index (χ0) is 10.4. The molecule has 0 radical (unpaired) electrons. The van der Waals surface area contributed by atoms with Gasteiger partial charge in [-0.15, -0.1) is 0 Å². The maximum Gasteiger partial charge on any atom is 0.00925 e. The molecular weight excluding hydrogens is 170 g/mol. The van der Waals surface area contributed by atoms with Crippen molar-refractivity contribution in [3.63, 3.8) is 0 Å².